The van der Waals surface area contributed by atoms with Crippen LogP contribution in [0.1, 0.15) is 31.4 Å². The lowest BCUT2D eigenvalue weighted by Gasteiger charge is -2.25. The van der Waals surface area contributed by atoms with E-state index in [1.54, 1.807) is 7.11 Å². The molecule has 0 spiro atoms. The maximum absolute atomic E-state index is 5.55. The molecular weight excluding hydrogens is 266 g/mol. The van der Waals surface area contributed by atoms with Gasteiger partial charge in [-0.3, -0.25) is 4.90 Å². The van der Waals surface area contributed by atoms with E-state index in [2.05, 4.69) is 36.1 Å². The lowest BCUT2D eigenvalue weighted by molar-refractivity contribution is -0.0522. The first kappa shape index (κ1) is 14.8. The summed E-state index contributed by atoms with van der Waals surface area (Å²) in [5, 5.41) is 0. The van der Waals surface area contributed by atoms with Gasteiger partial charge >= 0.3 is 0 Å². The monoisotopic (exact) mass is 291 g/mol. The number of ether oxygens (including phenoxy) is 3. The van der Waals surface area contributed by atoms with Gasteiger partial charge < -0.3 is 14.2 Å². The van der Waals surface area contributed by atoms with E-state index >= 15 is 0 Å². The van der Waals surface area contributed by atoms with E-state index in [0.717, 1.165) is 44.4 Å². The normalized spacial score (nSPS) is 27.3. The Labute approximate surface area is 127 Å². The number of nitrogens with zero attached hydrogens (tertiary/aromatic N) is 1. The van der Waals surface area contributed by atoms with Crippen molar-refractivity contribution in [3.8, 4) is 5.75 Å². The van der Waals surface area contributed by atoms with Crippen LogP contribution < -0.4 is 4.74 Å². The summed E-state index contributed by atoms with van der Waals surface area (Å²) < 4.78 is 16.3. The minimum absolute atomic E-state index is 0.00239. The Hall–Kier alpha value is -1.10. The minimum Gasteiger partial charge on any atom is -0.497 e. The zero-order chi connectivity index (χ0) is 14.7. The fraction of sp³-hybridized carbons (Fsp3) is 0.647. The van der Waals surface area contributed by atoms with Crippen LogP contribution in [0.5, 0.6) is 5.75 Å². The SMILES string of the molecule is COc1ccc([C@H]2C[C@@H](C)CN2CCC2OCCO2)cc1. The third-order valence-corrected chi connectivity index (χ3v) is 4.46. The van der Waals surface area contributed by atoms with Crippen LogP contribution in [0.2, 0.25) is 0 Å². The lowest BCUT2D eigenvalue weighted by Crippen LogP contribution is -2.28. The summed E-state index contributed by atoms with van der Waals surface area (Å²) in [4.78, 5) is 2.57. The molecule has 2 aliphatic rings. The lowest BCUT2D eigenvalue weighted by atomic mass is 10.0. The molecule has 0 aliphatic carbocycles. The largest absolute Gasteiger partial charge is 0.497 e. The van der Waals surface area contributed by atoms with Crippen molar-refractivity contribution in [2.24, 2.45) is 5.92 Å². The molecule has 0 unspecified atom stereocenters. The van der Waals surface area contributed by atoms with Crippen LogP contribution in [0.3, 0.4) is 0 Å². The van der Waals surface area contributed by atoms with E-state index in [9.17, 15) is 0 Å². The Bertz CT molecular complexity index is 442. The highest BCUT2D eigenvalue weighted by molar-refractivity contribution is 5.29. The maximum atomic E-state index is 5.55. The average Bonchev–Trinajstić information content (AvgIpc) is 3.14. The smallest absolute Gasteiger partial charge is 0.159 e. The molecule has 2 aliphatic heterocycles. The second-order valence-electron chi connectivity index (χ2n) is 6.08. The van der Waals surface area contributed by atoms with E-state index in [-0.39, 0.29) is 6.29 Å². The van der Waals surface area contributed by atoms with Gasteiger partial charge in [-0.2, -0.15) is 0 Å². The minimum atomic E-state index is -0.00239. The first-order valence-electron chi connectivity index (χ1n) is 7.87. The summed E-state index contributed by atoms with van der Waals surface area (Å²) in [6, 6.07) is 9.00. The third-order valence-electron chi connectivity index (χ3n) is 4.46. The predicted octanol–water partition coefficient (Wildman–Crippen LogP) is 2.84. The molecular formula is C17H25NO3. The van der Waals surface area contributed by atoms with Gasteiger partial charge in [0.25, 0.3) is 0 Å². The van der Waals surface area contributed by atoms with Gasteiger partial charge in [0.05, 0.1) is 20.3 Å². The van der Waals surface area contributed by atoms with Crippen LogP contribution in [-0.2, 0) is 9.47 Å². The molecule has 4 heteroatoms. The van der Waals surface area contributed by atoms with Gasteiger partial charge in [-0.1, -0.05) is 19.1 Å². The quantitative estimate of drug-likeness (QED) is 0.834. The van der Waals surface area contributed by atoms with E-state index < -0.39 is 0 Å². The number of rotatable bonds is 5. The number of methoxy groups -OCH3 is 1. The van der Waals surface area contributed by atoms with E-state index in [1.165, 1.54) is 12.0 Å². The van der Waals surface area contributed by atoms with E-state index in [4.69, 9.17) is 14.2 Å². The van der Waals surface area contributed by atoms with Crippen molar-refractivity contribution >= 4 is 0 Å². The summed E-state index contributed by atoms with van der Waals surface area (Å²) in [6.45, 7) is 6.00. The van der Waals surface area contributed by atoms with E-state index in [1.807, 2.05) is 0 Å². The summed E-state index contributed by atoms with van der Waals surface area (Å²) in [5.74, 6) is 1.66. The van der Waals surface area contributed by atoms with Crippen molar-refractivity contribution in [3.05, 3.63) is 29.8 Å². The molecule has 2 atom stereocenters. The van der Waals surface area contributed by atoms with Gasteiger partial charge in [-0.05, 0) is 30.0 Å². The van der Waals surface area contributed by atoms with E-state index in [0.29, 0.717) is 6.04 Å². The fourth-order valence-electron chi connectivity index (χ4n) is 3.40. The van der Waals surface area contributed by atoms with Crippen molar-refractivity contribution in [2.45, 2.75) is 32.1 Å². The second-order valence-corrected chi connectivity index (χ2v) is 6.08. The second kappa shape index (κ2) is 6.77. The van der Waals surface area contributed by atoms with Crippen molar-refractivity contribution < 1.29 is 14.2 Å². The molecule has 0 saturated carbocycles. The zero-order valence-corrected chi connectivity index (χ0v) is 13.0. The topological polar surface area (TPSA) is 30.9 Å². The Morgan fingerprint density at radius 1 is 1.19 bits per heavy atom. The van der Waals surface area contributed by atoms with Gasteiger partial charge in [0.1, 0.15) is 5.75 Å². The van der Waals surface area contributed by atoms with Crippen LogP contribution >= 0.6 is 0 Å². The molecule has 2 heterocycles. The number of hydrogen-bond donors (Lipinski definition) is 0. The molecule has 21 heavy (non-hydrogen) atoms. The highest BCUT2D eigenvalue weighted by Gasteiger charge is 2.31. The van der Waals surface area contributed by atoms with Gasteiger partial charge in [-0.25, -0.2) is 0 Å². The molecule has 2 saturated heterocycles. The van der Waals surface area contributed by atoms with Crippen molar-refractivity contribution in [1.29, 1.82) is 0 Å². The molecule has 0 radical (unpaired) electrons. The molecule has 0 aromatic heterocycles. The maximum Gasteiger partial charge on any atom is 0.159 e. The molecule has 1 aromatic carbocycles. The van der Waals surface area contributed by atoms with Gasteiger partial charge in [0, 0.05) is 25.6 Å². The van der Waals surface area contributed by atoms with Gasteiger partial charge in [-0.15, -0.1) is 0 Å². The summed E-state index contributed by atoms with van der Waals surface area (Å²) in [7, 11) is 1.71. The fourth-order valence-corrected chi connectivity index (χ4v) is 3.40. The highest BCUT2D eigenvalue weighted by Crippen LogP contribution is 2.36. The molecule has 116 valence electrons. The highest BCUT2D eigenvalue weighted by atomic mass is 16.7. The van der Waals surface area contributed by atoms with Crippen LogP contribution in [0.15, 0.2) is 24.3 Å². The Morgan fingerprint density at radius 3 is 2.57 bits per heavy atom. The Balaban J connectivity index is 1.63. The summed E-state index contributed by atoms with van der Waals surface area (Å²) >= 11 is 0. The first-order chi connectivity index (χ1) is 10.3. The average molecular weight is 291 g/mol. The molecule has 4 nitrogen and oxygen atoms in total. The van der Waals surface area contributed by atoms with Crippen molar-refractivity contribution in [3.63, 3.8) is 0 Å². The van der Waals surface area contributed by atoms with Crippen LogP contribution in [-0.4, -0.2) is 44.6 Å². The molecule has 0 N–H and O–H groups in total. The molecule has 0 bridgehead atoms. The first-order valence-corrected chi connectivity index (χ1v) is 7.87. The molecule has 1 aromatic rings. The summed E-state index contributed by atoms with van der Waals surface area (Å²) in [5.41, 5.74) is 1.38. The van der Waals surface area contributed by atoms with Crippen LogP contribution in [0, 0.1) is 5.92 Å². The molecule has 3 rings (SSSR count). The predicted molar refractivity (Wildman–Crippen MR) is 81.4 cm³/mol. The number of hydrogen-bond acceptors (Lipinski definition) is 4. The number of likely N-dealkylation sites (tertiary alicyclic amines) is 1. The Kier molecular flexibility index (Phi) is 4.78. The van der Waals surface area contributed by atoms with Crippen molar-refractivity contribution in [1.82, 2.24) is 4.90 Å². The third kappa shape index (κ3) is 3.57. The van der Waals surface area contributed by atoms with Crippen LogP contribution in [0.25, 0.3) is 0 Å². The van der Waals surface area contributed by atoms with Gasteiger partial charge in [0.2, 0.25) is 0 Å². The molecule has 2 fully saturated rings. The summed E-state index contributed by atoms with van der Waals surface area (Å²) in [6.07, 6.45) is 2.18. The standard InChI is InChI=1S/C17H25NO3/c1-13-11-16(14-3-5-15(19-2)6-4-14)18(12-13)8-7-17-20-9-10-21-17/h3-6,13,16-17H,7-12H2,1-2H3/t13-,16-/m1/s1. The molecule has 0 amide bonds. The van der Waals surface area contributed by atoms with Crippen LogP contribution in [0.4, 0.5) is 0 Å². The number of benzene rings is 1. The zero-order valence-electron chi connectivity index (χ0n) is 13.0. The van der Waals surface area contributed by atoms with Gasteiger partial charge in [0.15, 0.2) is 6.29 Å². The Morgan fingerprint density at radius 2 is 1.90 bits per heavy atom. The van der Waals surface area contributed by atoms with Crippen molar-refractivity contribution in [2.75, 3.05) is 33.4 Å².